The summed E-state index contributed by atoms with van der Waals surface area (Å²) in [7, 11) is 0. The zero-order valence-corrected chi connectivity index (χ0v) is 12.1. The molecule has 112 valence electrons. The summed E-state index contributed by atoms with van der Waals surface area (Å²) in [6.45, 7) is 0.881. The largest absolute Gasteiger partial charge is 0.396 e. The number of aliphatic hydroxyl groups is 1. The van der Waals surface area contributed by atoms with Crippen molar-refractivity contribution < 1.29 is 9.90 Å². The fraction of sp³-hybridized carbons (Fsp3) is 0.471. The molecule has 2 atom stereocenters. The van der Waals surface area contributed by atoms with Crippen molar-refractivity contribution in [3.63, 3.8) is 0 Å². The van der Waals surface area contributed by atoms with Crippen molar-refractivity contribution in [3.05, 3.63) is 36.0 Å². The number of benzene rings is 1. The Bertz CT molecular complexity index is 587. The third-order valence-electron chi connectivity index (χ3n) is 4.60. The first-order valence-corrected chi connectivity index (χ1v) is 7.74. The van der Waals surface area contributed by atoms with Crippen molar-refractivity contribution in [2.45, 2.75) is 25.7 Å². The number of para-hydroxylation sites is 1. The first kappa shape index (κ1) is 14.1. The second kappa shape index (κ2) is 6.31. The van der Waals surface area contributed by atoms with Gasteiger partial charge in [0.05, 0.1) is 0 Å². The second-order valence-electron chi connectivity index (χ2n) is 5.97. The van der Waals surface area contributed by atoms with Crippen molar-refractivity contribution in [2.75, 3.05) is 13.2 Å². The maximum atomic E-state index is 12.2. The average molecular weight is 286 g/mol. The van der Waals surface area contributed by atoms with E-state index in [0.29, 0.717) is 24.1 Å². The quantitative estimate of drug-likeness (QED) is 0.809. The zero-order valence-electron chi connectivity index (χ0n) is 12.1. The van der Waals surface area contributed by atoms with Gasteiger partial charge < -0.3 is 15.4 Å². The molecule has 1 amide bonds. The topological polar surface area (TPSA) is 65.1 Å². The predicted octanol–water partition coefficient (Wildman–Crippen LogP) is 2.70. The molecule has 1 aliphatic rings. The van der Waals surface area contributed by atoms with Crippen molar-refractivity contribution in [2.24, 2.45) is 11.8 Å². The number of aromatic nitrogens is 1. The molecule has 1 saturated carbocycles. The molecule has 2 unspecified atom stereocenters. The van der Waals surface area contributed by atoms with E-state index in [4.69, 9.17) is 0 Å². The molecule has 4 nitrogen and oxygen atoms in total. The van der Waals surface area contributed by atoms with Gasteiger partial charge in [-0.05, 0) is 36.8 Å². The molecule has 1 aromatic heterocycles. The number of H-pyrrole nitrogens is 1. The minimum absolute atomic E-state index is 0.0616. The smallest absolute Gasteiger partial charge is 0.267 e. The molecule has 1 aliphatic carbocycles. The molecule has 0 aliphatic heterocycles. The van der Waals surface area contributed by atoms with Crippen LogP contribution in [0.4, 0.5) is 0 Å². The molecule has 1 aromatic carbocycles. The van der Waals surface area contributed by atoms with Crippen molar-refractivity contribution in [1.82, 2.24) is 10.3 Å². The van der Waals surface area contributed by atoms with Gasteiger partial charge in [0.2, 0.25) is 0 Å². The number of carbonyl (C=O) groups excluding carboxylic acids is 1. The molecule has 0 saturated heterocycles. The van der Waals surface area contributed by atoms with Gasteiger partial charge in [-0.15, -0.1) is 0 Å². The van der Waals surface area contributed by atoms with Gasteiger partial charge in [0, 0.05) is 24.1 Å². The van der Waals surface area contributed by atoms with Gasteiger partial charge in [-0.2, -0.15) is 0 Å². The number of rotatable bonds is 4. The zero-order chi connectivity index (χ0) is 14.7. The fourth-order valence-corrected chi connectivity index (χ4v) is 3.31. The Kier molecular flexibility index (Phi) is 4.25. The summed E-state index contributed by atoms with van der Waals surface area (Å²) in [4.78, 5) is 15.4. The number of carbonyl (C=O) groups is 1. The molecule has 2 aromatic rings. The van der Waals surface area contributed by atoms with Crippen molar-refractivity contribution in [3.8, 4) is 0 Å². The van der Waals surface area contributed by atoms with Crippen LogP contribution in [0.1, 0.15) is 36.2 Å². The first-order chi connectivity index (χ1) is 10.3. The van der Waals surface area contributed by atoms with Crippen LogP contribution in [0.15, 0.2) is 30.3 Å². The number of amides is 1. The molecule has 3 N–H and O–H groups in total. The average Bonchev–Trinajstić information content (AvgIpc) is 2.97. The highest BCUT2D eigenvalue weighted by Gasteiger charge is 2.25. The minimum Gasteiger partial charge on any atom is -0.396 e. The molecule has 0 radical (unpaired) electrons. The standard InChI is InChI=1S/C17H22N2O2/c20-11-14-7-2-1-6-13(14)10-18-17(21)16-9-12-5-3-4-8-15(12)19-16/h3-5,8-9,13-14,19-20H,1-2,6-7,10-11H2,(H,18,21). The predicted molar refractivity (Wildman–Crippen MR) is 83.2 cm³/mol. The highest BCUT2D eigenvalue weighted by molar-refractivity contribution is 5.97. The van der Waals surface area contributed by atoms with Crippen molar-refractivity contribution in [1.29, 1.82) is 0 Å². The highest BCUT2D eigenvalue weighted by Crippen LogP contribution is 2.29. The molecule has 1 fully saturated rings. The van der Waals surface area contributed by atoms with E-state index in [0.717, 1.165) is 23.7 Å². The Hall–Kier alpha value is -1.81. The third-order valence-corrected chi connectivity index (χ3v) is 4.60. The Labute approximate surface area is 124 Å². The Morgan fingerprint density at radius 1 is 1.24 bits per heavy atom. The van der Waals surface area contributed by atoms with Gasteiger partial charge in [0.25, 0.3) is 5.91 Å². The molecular weight excluding hydrogens is 264 g/mol. The Morgan fingerprint density at radius 3 is 2.76 bits per heavy atom. The number of hydrogen-bond donors (Lipinski definition) is 3. The van der Waals surface area contributed by atoms with Crippen LogP contribution < -0.4 is 5.32 Å². The lowest BCUT2D eigenvalue weighted by molar-refractivity contribution is 0.0905. The number of aliphatic hydroxyl groups excluding tert-OH is 1. The van der Waals surface area contributed by atoms with Crippen LogP contribution in [0.2, 0.25) is 0 Å². The van der Waals surface area contributed by atoms with E-state index in [1.165, 1.54) is 12.8 Å². The lowest BCUT2D eigenvalue weighted by atomic mass is 9.79. The summed E-state index contributed by atoms with van der Waals surface area (Å²) in [5, 5.41) is 13.5. The summed E-state index contributed by atoms with van der Waals surface area (Å²) in [6.07, 6.45) is 4.56. The maximum Gasteiger partial charge on any atom is 0.267 e. The molecular formula is C17H22N2O2. The number of hydrogen-bond acceptors (Lipinski definition) is 2. The lowest BCUT2D eigenvalue weighted by Gasteiger charge is -2.30. The maximum absolute atomic E-state index is 12.2. The van der Waals surface area contributed by atoms with E-state index >= 15 is 0 Å². The highest BCUT2D eigenvalue weighted by atomic mass is 16.3. The second-order valence-corrected chi connectivity index (χ2v) is 5.97. The van der Waals surface area contributed by atoms with Gasteiger partial charge in [0.1, 0.15) is 5.69 Å². The molecule has 4 heteroatoms. The van der Waals surface area contributed by atoms with Crippen LogP contribution in [0, 0.1) is 11.8 Å². The van der Waals surface area contributed by atoms with E-state index in [-0.39, 0.29) is 12.5 Å². The molecule has 0 bridgehead atoms. The monoisotopic (exact) mass is 286 g/mol. The minimum atomic E-state index is -0.0616. The van der Waals surface area contributed by atoms with Gasteiger partial charge >= 0.3 is 0 Å². The van der Waals surface area contributed by atoms with E-state index < -0.39 is 0 Å². The van der Waals surface area contributed by atoms with Gasteiger partial charge in [-0.3, -0.25) is 4.79 Å². The van der Waals surface area contributed by atoms with Gasteiger partial charge in [-0.1, -0.05) is 31.0 Å². The third kappa shape index (κ3) is 3.10. The van der Waals surface area contributed by atoms with Crippen LogP contribution >= 0.6 is 0 Å². The SMILES string of the molecule is O=C(NCC1CCCCC1CO)c1cc2ccccc2[nH]1. The summed E-state index contributed by atoms with van der Waals surface area (Å²) in [5.74, 6) is 0.673. The van der Waals surface area contributed by atoms with E-state index in [9.17, 15) is 9.90 Å². The number of aromatic amines is 1. The van der Waals surface area contributed by atoms with E-state index in [1.807, 2.05) is 30.3 Å². The number of fused-ring (bicyclic) bond motifs is 1. The summed E-state index contributed by atoms with van der Waals surface area (Å²) < 4.78 is 0. The summed E-state index contributed by atoms with van der Waals surface area (Å²) >= 11 is 0. The normalized spacial score (nSPS) is 22.3. The van der Waals surface area contributed by atoms with Crippen LogP contribution in [-0.2, 0) is 0 Å². The molecule has 1 heterocycles. The van der Waals surface area contributed by atoms with E-state index in [2.05, 4.69) is 10.3 Å². The Balaban J connectivity index is 1.63. The summed E-state index contributed by atoms with van der Waals surface area (Å²) in [6, 6.07) is 9.76. The van der Waals surface area contributed by atoms with Crippen LogP contribution in [-0.4, -0.2) is 29.1 Å². The van der Waals surface area contributed by atoms with Crippen molar-refractivity contribution >= 4 is 16.8 Å². The molecule has 21 heavy (non-hydrogen) atoms. The van der Waals surface area contributed by atoms with Crippen LogP contribution in [0.5, 0.6) is 0 Å². The van der Waals surface area contributed by atoms with Crippen LogP contribution in [0.25, 0.3) is 10.9 Å². The molecule has 3 rings (SSSR count). The van der Waals surface area contributed by atoms with E-state index in [1.54, 1.807) is 0 Å². The Morgan fingerprint density at radius 2 is 2.00 bits per heavy atom. The summed E-state index contributed by atoms with van der Waals surface area (Å²) in [5.41, 5.74) is 1.58. The van der Waals surface area contributed by atoms with Gasteiger partial charge in [0.15, 0.2) is 0 Å². The van der Waals surface area contributed by atoms with Crippen LogP contribution in [0.3, 0.4) is 0 Å². The molecule has 0 spiro atoms. The number of nitrogens with one attached hydrogen (secondary N) is 2. The van der Waals surface area contributed by atoms with Gasteiger partial charge in [-0.25, -0.2) is 0 Å². The first-order valence-electron chi connectivity index (χ1n) is 7.74. The fourth-order valence-electron chi connectivity index (χ4n) is 3.31. The lowest BCUT2D eigenvalue weighted by Crippen LogP contribution is -2.35.